The molecule has 0 aliphatic carbocycles. The van der Waals surface area contributed by atoms with E-state index in [1.165, 1.54) is 0 Å². The summed E-state index contributed by atoms with van der Waals surface area (Å²) < 4.78 is 7.33. The van der Waals surface area contributed by atoms with Gasteiger partial charge in [0.05, 0.1) is 5.56 Å². The van der Waals surface area contributed by atoms with Crippen LogP contribution in [0, 0.1) is 0 Å². The first-order chi connectivity index (χ1) is 12.4. The molecule has 0 amide bonds. The van der Waals surface area contributed by atoms with Crippen LogP contribution >= 0.6 is 31.9 Å². The molecular formula is C20H12Br2O4. The maximum Gasteiger partial charge on any atom is 0.341 e. The van der Waals surface area contributed by atoms with Crippen molar-refractivity contribution in [1.29, 1.82) is 0 Å². The van der Waals surface area contributed by atoms with Gasteiger partial charge in [-0.2, -0.15) is 0 Å². The Morgan fingerprint density at radius 3 is 1.69 bits per heavy atom. The molecule has 0 saturated heterocycles. The number of halogens is 2. The van der Waals surface area contributed by atoms with Crippen LogP contribution in [0.4, 0.5) is 0 Å². The van der Waals surface area contributed by atoms with Gasteiger partial charge in [-0.25, -0.2) is 4.79 Å². The lowest BCUT2D eigenvalue weighted by molar-refractivity contribution is 0.0250. The fraction of sp³-hybridized carbons (Fsp3) is 0.0500. The molecule has 0 fully saturated rings. The highest BCUT2D eigenvalue weighted by atomic mass is 79.9. The number of phenols is 2. The van der Waals surface area contributed by atoms with E-state index in [1.807, 2.05) is 6.07 Å². The number of fused-ring (bicyclic) bond motifs is 1. The number of carbonyl (C=O) groups excluding carboxylic acids is 1. The lowest BCUT2D eigenvalue weighted by Crippen LogP contribution is -2.29. The third-order valence-electron chi connectivity index (χ3n) is 4.45. The maximum atomic E-state index is 12.8. The number of phenolic OH excluding ortho intramolecular Hbond substituents is 2. The average Bonchev–Trinajstić information content (AvgIpc) is 2.95. The normalized spacial score (nSPS) is 14.8. The van der Waals surface area contributed by atoms with Crippen LogP contribution in [0.3, 0.4) is 0 Å². The molecule has 130 valence electrons. The van der Waals surface area contributed by atoms with E-state index in [0.717, 1.165) is 4.47 Å². The quantitative estimate of drug-likeness (QED) is 0.507. The Bertz CT molecular complexity index is 966. The van der Waals surface area contributed by atoms with Crippen molar-refractivity contribution in [3.8, 4) is 11.5 Å². The summed E-state index contributed by atoms with van der Waals surface area (Å²) in [7, 11) is 0. The monoisotopic (exact) mass is 474 g/mol. The van der Waals surface area contributed by atoms with Gasteiger partial charge in [-0.3, -0.25) is 0 Å². The predicted octanol–water partition coefficient (Wildman–Crippen LogP) is 5.09. The lowest BCUT2D eigenvalue weighted by Gasteiger charge is -2.31. The molecule has 0 unspecified atom stereocenters. The average molecular weight is 476 g/mol. The highest BCUT2D eigenvalue weighted by Gasteiger charge is 2.50. The molecule has 4 nitrogen and oxygen atoms in total. The second-order valence-electron chi connectivity index (χ2n) is 5.94. The summed E-state index contributed by atoms with van der Waals surface area (Å²) in [5.41, 5.74) is 1.30. The van der Waals surface area contributed by atoms with Gasteiger partial charge in [-0.1, -0.05) is 40.2 Å². The molecule has 4 rings (SSSR count). The van der Waals surface area contributed by atoms with Crippen molar-refractivity contribution in [2.75, 3.05) is 0 Å². The summed E-state index contributed by atoms with van der Waals surface area (Å²) in [6, 6.07) is 16.7. The Balaban J connectivity index is 2.10. The molecule has 0 atom stereocenters. The number of rotatable bonds is 2. The molecule has 0 radical (unpaired) electrons. The van der Waals surface area contributed by atoms with Crippen LogP contribution in [0.2, 0.25) is 0 Å². The van der Waals surface area contributed by atoms with Gasteiger partial charge in [0, 0.05) is 25.6 Å². The second kappa shape index (κ2) is 6.14. The minimum absolute atomic E-state index is 0.118. The SMILES string of the molecule is O=C1OC(c2ccc(O)cc2)(c2ccc(O)cc2)c2c(Br)ccc(Br)c21. The lowest BCUT2D eigenvalue weighted by atomic mass is 9.80. The summed E-state index contributed by atoms with van der Waals surface area (Å²) in [6.45, 7) is 0. The zero-order valence-electron chi connectivity index (χ0n) is 13.2. The maximum absolute atomic E-state index is 12.8. The summed E-state index contributed by atoms with van der Waals surface area (Å²) in [6.07, 6.45) is 0. The van der Waals surface area contributed by atoms with Crippen molar-refractivity contribution in [1.82, 2.24) is 0 Å². The van der Waals surface area contributed by atoms with Gasteiger partial charge in [0.2, 0.25) is 0 Å². The zero-order valence-corrected chi connectivity index (χ0v) is 16.4. The first-order valence-corrected chi connectivity index (χ1v) is 9.33. The second-order valence-corrected chi connectivity index (χ2v) is 7.65. The third-order valence-corrected chi connectivity index (χ3v) is 5.77. The van der Waals surface area contributed by atoms with Crippen molar-refractivity contribution in [3.05, 3.63) is 91.9 Å². The first kappa shape index (κ1) is 17.1. The molecule has 0 spiro atoms. The van der Waals surface area contributed by atoms with Gasteiger partial charge < -0.3 is 14.9 Å². The Kier molecular flexibility index (Phi) is 4.04. The number of hydrogen-bond acceptors (Lipinski definition) is 4. The molecule has 0 bridgehead atoms. The molecule has 1 aliphatic rings. The van der Waals surface area contributed by atoms with Crippen LogP contribution in [-0.4, -0.2) is 16.2 Å². The fourth-order valence-corrected chi connectivity index (χ4v) is 4.40. The number of benzene rings is 3. The fourth-order valence-electron chi connectivity index (χ4n) is 3.30. The Morgan fingerprint density at radius 2 is 1.19 bits per heavy atom. The minimum Gasteiger partial charge on any atom is -0.508 e. The molecule has 0 aromatic heterocycles. The summed E-state index contributed by atoms with van der Waals surface area (Å²) in [4.78, 5) is 12.8. The van der Waals surface area contributed by atoms with Crippen LogP contribution in [-0.2, 0) is 10.3 Å². The highest BCUT2D eigenvalue weighted by molar-refractivity contribution is 9.11. The van der Waals surface area contributed by atoms with E-state index in [1.54, 1.807) is 54.6 Å². The molecule has 0 saturated carbocycles. The number of aromatic hydroxyl groups is 2. The van der Waals surface area contributed by atoms with Crippen LogP contribution < -0.4 is 0 Å². The summed E-state index contributed by atoms with van der Waals surface area (Å²) in [5.74, 6) is -0.214. The van der Waals surface area contributed by atoms with Crippen molar-refractivity contribution in [2.45, 2.75) is 5.60 Å². The van der Waals surface area contributed by atoms with Crippen molar-refractivity contribution >= 4 is 37.8 Å². The number of carbonyl (C=O) groups is 1. The Hall–Kier alpha value is -2.31. The topological polar surface area (TPSA) is 66.8 Å². The largest absolute Gasteiger partial charge is 0.508 e. The molecule has 2 N–H and O–H groups in total. The molecule has 3 aromatic rings. The van der Waals surface area contributed by atoms with E-state index in [4.69, 9.17) is 4.74 Å². The molecule has 1 heterocycles. The van der Waals surface area contributed by atoms with Gasteiger partial charge in [0.25, 0.3) is 0 Å². The van der Waals surface area contributed by atoms with Crippen LogP contribution in [0.5, 0.6) is 11.5 Å². The first-order valence-electron chi connectivity index (χ1n) is 7.74. The van der Waals surface area contributed by atoms with Crippen molar-refractivity contribution in [3.63, 3.8) is 0 Å². The van der Waals surface area contributed by atoms with Crippen LogP contribution in [0.1, 0.15) is 27.0 Å². The predicted molar refractivity (Wildman–Crippen MR) is 103 cm³/mol. The number of hydrogen-bond donors (Lipinski definition) is 2. The van der Waals surface area contributed by atoms with Gasteiger partial charge in [-0.15, -0.1) is 0 Å². The van der Waals surface area contributed by atoms with Crippen molar-refractivity contribution < 1.29 is 19.7 Å². The van der Waals surface area contributed by atoms with E-state index < -0.39 is 11.6 Å². The van der Waals surface area contributed by atoms with E-state index >= 15 is 0 Å². The van der Waals surface area contributed by atoms with Crippen LogP contribution in [0.15, 0.2) is 69.6 Å². The Morgan fingerprint density at radius 1 is 0.731 bits per heavy atom. The van der Waals surface area contributed by atoms with Gasteiger partial charge in [0.1, 0.15) is 11.5 Å². The summed E-state index contributed by atoms with van der Waals surface area (Å²) in [5, 5.41) is 19.4. The smallest absolute Gasteiger partial charge is 0.341 e. The third kappa shape index (κ3) is 2.44. The number of esters is 1. The van der Waals surface area contributed by atoms with E-state index in [-0.39, 0.29) is 11.5 Å². The van der Waals surface area contributed by atoms with Crippen molar-refractivity contribution in [2.24, 2.45) is 0 Å². The molecule has 3 aromatic carbocycles. The molecule has 26 heavy (non-hydrogen) atoms. The van der Waals surface area contributed by atoms with Gasteiger partial charge in [-0.05, 0) is 52.3 Å². The summed E-state index contributed by atoms with van der Waals surface area (Å²) >= 11 is 7.00. The van der Waals surface area contributed by atoms with Gasteiger partial charge >= 0.3 is 5.97 Å². The Labute approximate surface area is 166 Å². The number of cyclic esters (lactones) is 1. The highest BCUT2D eigenvalue weighted by Crippen LogP contribution is 2.51. The standard InChI is InChI=1S/C20H12Br2O4/c21-15-9-10-16(22)18-17(15)19(25)26-20(18,11-1-5-13(23)6-2-11)12-3-7-14(24)8-4-12/h1-10,23-24H. The molecular weight excluding hydrogens is 464 g/mol. The molecule has 6 heteroatoms. The number of ether oxygens (including phenoxy) is 1. The minimum atomic E-state index is -1.20. The van der Waals surface area contributed by atoms with Gasteiger partial charge in [0.15, 0.2) is 5.60 Å². The van der Waals surface area contributed by atoms with E-state index in [0.29, 0.717) is 26.7 Å². The van der Waals surface area contributed by atoms with E-state index in [9.17, 15) is 15.0 Å². The van der Waals surface area contributed by atoms with E-state index in [2.05, 4.69) is 31.9 Å². The molecule has 1 aliphatic heterocycles. The van der Waals surface area contributed by atoms with Crippen LogP contribution in [0.25, 0.3) is 0 Å². The zero-order chi connectivity index (χ0) is 18.5.